The van der Waals surface area contributed by atoms with Gasteiger partial charge in [-0.05, 0) is 61.4 Å². The number of ether oxygens (including phenoxy) is 2. The van der Waals surface area contributed by atoms with Gasteiger partial charge in [-0.25, -0.2) is 23.5 Å². The zero-order valence-electron chi connectivity index (χ0n) is 25.4. The van der Waals surface area contributed by atoms with Gasteiger partial charge in [0.25, 0.3) is 5.91 Å². The number of aromatic nitrogens is 4. The van der Waals surface area contributed by atoms with Gasteiger partial charge in [-0.3, -0.25) is 9.78 Å². The van der Waals surface area contributed by atoms with Crippen molar-refractivity contribution in [3.05, 3.63) is 106 Å². The number of fused-ring (bicyclic) bond motifs is 1. The monoisotopic (exact) mass is 672 g/mol. The molecule has 0 unspecified atom stereocenters. The molecule has 3 aromatic heterocycles. The highest BCUT2D eigenvalue weighted by molar-refractivity contribution is 6.31. The van der Waals surface area contributed by atoms with E-state index in [1.54, 1.807) is 22.8 Å². The van der Waals surface area contributed by atoms with Crippen LogP contribution in [0.25, 0.3) is 22.3 Å². The Balaban J connectivity index is 1.20. The average molecular weight is 673 g/mol. The Kier molecular flexibility index (Phi) is 9.29. The summed E-state index contributed by atoms with van der Waals surface area (Å²) in [5.74, 6) is -2.45. The summed E-state index contributed by atoms with van der Waals surface area (Å²) in [5.41, 5.74) is 1.80. The van der Waals surface area contributed by atoms with Crippen LogP contribution in [0.2, 0.25) is 5.02 Å². The molecule has 2 N–H and O–H groups in total. The van der Waals surface area contributed by atoms with Crippen LogP contribution < -0.4 is 10.1 Å². The topological polar surface area (TPSA) is 152 Å². The van der Waals surface area contributed by atoms with Crippen molar-refractivity contribution in [2.45, 2.75) is 45.1 Å². The molecule has 1 amide bonds. The summed E-state index contributed by atoms with van der Waals surface area (Å²) >= 11 is 6.32. The van der Waals surface area contributed by atoms with Gasteiger partial charge in [0.2, 0.25) is 5.88 Å². The van der Waals surface area contributed by atoms with Gasteiger partial charge in [-0.1, -0.05) is 17.7 Å². The van der Waals surface area contributed by atoms with Crippen molar-refractivity contribution in [2.24, 2.45) is 0 Å². The van der Waals surface area contributed by atoms with Crippen molar-refractivity contribution in [1.82, 2.24) is 24.8 Å². The number of pyridine rings is 2. The van der Waals surface area contributed by atoms with Gasteiger partial charge in [-0.15, -0.1) is 0 Å². The van der Waals surface area contributed by atoms with E-state index in [0.29, 0.717) is 35.6 Å². The number of nitrogens with zero attached hydrogens (tertiary/aromatic N) is 5. The molecular weight excluding hydrogens is 646 g/mol. The van der Waals surface area contributed by atoms with Crippen molar-refractivity contribution < 1.29 is 33.0 Å². The number of amides is 1. The smallest absolute Gasteiger partial charge is 0.335 e. The Morgan fingerprint density at radius 1 is 1.17 bits per heavy atom. The van der Waals surface area contributed by atoms with Crippen molar-refractivity contribution >= 4 is 34.5 Å². The second kappa shape index (κ2) is 13.7. The molecule has 0 bridgehead atoms. The van der Waals surface area contributed by atoms with E-state index < -0.39 is 29.6 Å². The van der Waals surface area contributed by atoms with Crippen molar-refractivity contribution in [2.75, 3.05) is 6.61 Å². The molecule has 0 spiro atoms. The summed E-state index contributed by atoms with van der Waals surface area (Å²) in [5, 5.41) is 21.0. The highest BCUT2D eigenvalue weighted by Gasteiger charge is 2.24. The van der Waals surface area contributed by atoms with E-state index in [9.17, 15) is 14.7 Å². The molecule has 244 valence electrons. The van der Waals surface area contributed by atoms with Gasteiger partial charge < -0.3 is 24.5 Å². The van der Waals surface area contributed by atoms with Crippen LogP contribution >= 0.6 is 11.6 Å². The fourth-order valence-electron chi connectivity index (χ4n) is 5.16. The first-order valence-corrected chi connectivity index (χ1v) is 15.2. The normalized spacial score (nSPS) is 14.6. The van der Waals surface area contributed by atoms with Crippen molar-refractivity contribution in [3.8, 4) is 23.2 Å². The van der Waals surface area contributed by atoms with Gasteiger partial charge in [0, 0.05) is 36.4 Å². The van der Waals surface area contributed by atoms with Gasteiger partial charge in [0.05, 0.1) is 46.0 Å². The summed E-state index contributed by atoms with van der Waals surface area (Å²) in [7, 11) is 0. The molecule has 14 heteroatoms. The summed E-state index contributed by atoms with van der Waals surface area (Å²) < 4.78 is 44.2. The molecule has 0 aliphatic carbocycles. The number of carbonyl (C=O) groups excluding carboxylic acids is 1. The number of benzene rings is 2. The summed E-state index contributed by atoms with van der Waals surface area (Å²) in [6.07, 6.45) is 2.06. The lowest BCUT2D eigenvalue weighted by molar-refractivity contribution is -0.0589. The van der Waals surface area contributed by atoms with Crippen LogP contribution in [-0.4, -0.2) is 55.3 Å². The molecule has 5 aromatic rings. The summed E-state index contributed by atoms with van der Waals surface area (Å²) in [6.45, 7) is 2.48. The molecular formula is C34H27ClF2N6O5. The molecule has 11 nitrogen and oxygen atoms in total. The minimum atomic E-state index is -1.08. The summed E-state index contributed by atoms with van der Waals surface area (Å²) in [4.78, 5) is 36.8. The number of aromatic carboxylic acids is 1. The number of rotatable bonds is 11. The second-order valence-corrected chi connectivity index (χ2v) is 11.6. The lowest BCUT2D eigenvalue weighted by Crippen LogP contribution is -2.31. The number of imidazole rings is 1. The molecule has 1 aliphatic heterocycles. The Labute approximate surface area is 277 Å². The first kappa shape index (κ1) is 32.5. The number of nitriles is 1. The Bertz CT molecular complexity index is 2090. The highest BCUT2D eigenvalue weighted by Crippen LogP contribution is 2.29. The van der Waals surface area contributed by atoms with E-state index >= 15 is 8.78 Å². The molecule has 48 heavy (non-hydrogen) atoms. The number of hydrogen-bond donors (Lipinski definition) is 2. The number of halogens is 3. The minimum absolute atomic E-state index is 0.0314. The molecule has 4 heterocycles. The van der Waals surface area contributed by atoms with Crippen LogP contribution in [0.1, 0.15) is 51.1 Å². The van der Waals surface area contributed by atoms with Crippen LogP contribution in [0.4, 0.5) is 8.78 Å². The lowest BCUT2D eigenvalue weighted by atomic mass is 10.0. The van der Waals surface area contributed by atoms with E-state index in [-0.39, 0.29) is 58.1 Å². The largest absolute Gasteiger partial charge is 0.478 e. The average Bonchev–Trinajstić information content (AvgIpc) is 3.39. The van der Waals surface area contributed by atoms with E-state index in [2.05, 4.69) is 20.3 Å². The quantitative estimate of drug-likeness (QED) is 0.179. The number of carboxylic acid groups (broad SMARTS) is 1. The van der Waals surface area contributed by atoms with Crippen LogP contribution in [0, 0.1) is 23.0 Å². The standard InChI is InChI=1S/C34H27ClF2N6O5/c1-18(14-38)40-33(44)29-13-24(35)21(15-39-29)17-48-32-4-2-3-27(42-32)23-12-25(36)20(9-26(23)37)11-31-41-28-6-5-19(34(45)46)10-30(28)43(31)16-22-7-8-47-22/h2-6,9-10,12-13,15,18,22H,7-8,11,16-17H2,1H3,(H,40,44)(H,45,46)/t18-,22+/m1/s1. The molecule has 0 radical (unpaired) electrons. The maximum atomic E-state index is 15.6. The molecule has 1 fully saturated rings. The van der Waals surface area contributed by atoms with Gasteiger partial charge in [0.1, 0.15) is 35.8 Å². The van der Waals surface area contributed by atoms with E-state index in [4.69, 9.17) is 26.3 Å². The summed E-state index contributed by atoms with van der Waals surface area (Å²) in [6, 6.07) is 13.9. The maximum absolute atomic E-state index is 15.6. The highest BCUT2D eigenvalue weighted by atomic mass is 35.5. The fraction of sp³-hybridized carbons (Fsp3) is 0.235. The minimum Gasteiger partial charge on any atom is -0.478 e. The van der Waals surface area contributed by atoms with E-state index in [1.165, 1.54) is 37.4 Å². The molecule has 6 rings (SSSR count). The zero-order chi connectivity index (χ0) is 33.9. The third kappa shape index (κ3) is 6.95. The Hall–Kier alpha value is -5.45. The van der Waals surface area contributed by atoms with Gasteiger partial charge in [-0.2, -0.15) is 5.26 Å². The van der Waals surface area contributed by atoms with E-state index in [0.717, 1.165) is 18.6 Å². The third-order valence-electron chi connectivity index (χ3n) is 7.82. The number of hydrogen-bond acceptors (Lipinski definition) is 8. The Morgan fingerprint density at radius 2 is 1.98 bits per heavy atom. The number of carboxylic acids is 1. The molecule has 2 atom stereocenters. The maximum Gasteiger partial charge on any atom is 0.335 e. The third-order valence-corrected chi connectivity index (χ3v) is 8.17. The SMILES string of the molecule is C[C@H](C#N)NC(=O)c1cc(Cl)c(COc2cccc(-c3cc(F)c(Cc4nc5ccc(C(=O)O)cc5n4C[C@@H]4CCO4)cc3F)n2)cn1. The zero-order valence-corrected chi connectivity index (χ0v) is 26.2. The molecule has 2 aromatic carbocycles. The fourth-order valence-corrected chi connectivity index (χ4v) is 5.36. The molecule has 1 saturated heterocycles. The van der Waals surface area contributed by atoms with Gasteiger partial charge >= 0.3 is 5.97 Å². The second-order valence-electron chi connectivity index (χ2n) is 11.2. The van der Waals surface area contributed by atoms with E-state index in [1.807, 2.05) is 6.07 Å². The first-order chi connectivity index (χ1) is 23.1. The first-order valence-electron chi connectivity index (χ1n) is 14.9. The van der Waals surface area contributed by atoms with Gasteiger partial charge in [0.15, 0.2) is 0 Å². The number of nitrogens with one attached hydrogen (secondary N) is 1. The van der Waals surface area contributed by atoms with Crippen LogP contribution in [0.15, 0.2) is 60.8 Å². The van der Waals surface area contributed by atoms with Crippen molar-refractivity contribution in [3.63, 3.8) is 0 Å². The molecule has 1 aliphatic rings. The van der Waals surface area contributed by atoms with Crippen LogP contribution in [0.5, 0.6) is 5.88 Å². The van der Waals surface area contributed by atoms with Crippen LogP contribution in [-0.2, 0) is 24.3 Å². The van der Waals surface area contributed by atoms with Crippen LogP contribution in [0.3, 0.4) is 0 Å². The predicted octanol–water partition coefficient (Wildman–Crippen LogP) is 5.72. The lowest BCUT2D eigenvalue weighted by Gasteiger charge is -2.27. The molecule has 0 saturated carbocycles. The number of carbonyl (C=O) groups is 2. The predicted molar refractivity (Wildman–Crippen MR) is 170 cm³/mol. The van der Waals surface area contributed by atoms with Crippen molar-refractivity contribution in [1.29, 1.82) is 5.26 Å². The Morgan fingerprint density at radius 3 is 2.69 bits per heavy atom.